The van der Waals surface area contributed by atoms with Gasteiger partial charge in [-0.2, -0.15) is 5.26 Å². The van der Waals surface area contributed by atoms with Crippen LogP contribution in [-0.4, -0.2) is 19.2 Å². The summed E-state index contributed by atoms with van der Waals surface area (Å²) >= 11 is 0. The SMILES string of the molecule is N#Cc1ccccc1NC(=O)NC1(c2ccc3c(c2)OCCO3)CC1. The van der Waals surface area contributed by atoms with Crippen LogP contribution in [0.15, 0.2) is 42.5 Å². The first kappa shape index (κ1) is 15.3. The second-order valence-corrected chi connectivity index (χ2v) is 6.18. The smallest absolute Gasteiger partial charge is 0.319 e. The number of nitriles is 1. The Morgan fingerprint density at radius 3 is 2.60 bits per heavy atom. The number of hydrogen-bond donors (Lipinski definition) is 2. The second-order valence-electron chi connectivity index (χ2n) is 6.18. The van der Waals surface area contributed by atoms with Crippen molar-refractivity contribution in [1.82, 2.24) is 5.32 Å². The molecule has 1 heterocycles. The van der Waals surface area contributed by atoms with E-state index in [0.717, 1.165) is 24.2 Å². The average Bonchev–Trinajstić information content (AvgIpc) is 3.42. The molecule has 0 unspecified atom stereocenters. The van der Waals surface area contributed by atoms with E-state index in [4.69, 9.17) is 14.7 Å². The van der Waals surface area contributed by atoms with Crippen LogP contribution in [0.4, 0.5) is 10.5 Å². The molecule has 1 fully saturated rings. The molecule has 0 aromatic heterocycles. The van der Waals surface area contributed by atoms with Crippen molar-refractivity contribution in [3.63, 3.8) is 0 Å². The number of hydrogen-bond acceptors (Lipinski definition) is 4. The highest BCUT2D eigenvalue weighted by Crippen LogP contribution is 2.47. The molecule has 1 saturated carbocycles. The van der Waals surface area contributed by atoms with Crippen molar-refractivity contribution in [1.29, 1.82) is 5.26 Å². The largest absolute Gasteiger partial charge is 0.486 e. The predicted octanol–water partition coefficient (Wildman–Crippen LogP) is 3.14. The Morgan fingerprint density at radius 1 is 1.08 bits per heavy atom. The van der Waals surface area contributed by atoms with Crippen molar-refractivity contribution >= 4 is 11.7 Å². The molecule has 2 aromatic rings. The van der Waals surface area contributed by atoms with E-state index in [2.05, 4.69) is 16.7 Å². The lowest BCUT2D eigenvalue weighted by Crippen LogP contribution is -2.38. The lowest BCUT2D eigenvalue weighted by atomic mass is 10.0. The third-order valence-electron chi connectivity index (χ3n) is 4.49. The highest BCUT2D eigenvalue weighted by molar-refractivity contribution is 5.91. The van der Waals surface area contributed by atoms with Gasteiger partial charge in [0, 0.05) is 0 Å². The van der Waals surface area contributed by atoms with E-state index in [-0.39, 0.29) is 11.6 Å². The summed E-state index contributed by atoms with van der Waals surface area (Å²) in [6.45, 7) is 1.08. The quantitative estimate of drug-likeness (QED) is 0.902. The summed E-state index contributed by atoms with van der Waals surface area (Å²) in [5.74, 6) is 1.45. The first-order valence-corrected chi connectivity index (χ1v) is 8.19. The van der Waals surface area contributed by atoms with Gasteiger partial charge in [-0.25, -0.2) is 4.79 Å². The number of carbonyl (C=O) groups is 1. The minimum absolute atomic E-state index is 0.324. The summed E-state index contributed by atoms with van der Waals surface area (Å²) in [6, 6.07) is 14.5. The molecule has 0 spiro atoms. The minimum Gasteiger partial charge on any atom is -0.486 e. The van der Waals surface area contributed by atoms with Gasteiger partial charge in [-0.05, 0) is 42.7 Å². The maximum absolute atomic E-state index is 12.4. The Bertz CT molecular complexity index is 868. The van der Waals surface area contributed by atoms with Crippen LogP contribution >= 0.6 is 0 Å². The van der Waals surface area contributed by atoms with Gasteiger partial charge in [0.25, 0.3) is 0 Å². The van der Waals surface area contributed by atoms with Crippen LogP contribution in [0, 0.1) is 11.3 Å². The molecule has 0 radical (unpaired) electrons. The summed E-state index contributed by atoms with van der Waals surface area (Å²) in [5.41, 5.74) is 1.55. The number of ether oxygens (including phenoxy) is 2. The minimum atomic E-state index is -0.387. The molecule has 1 aliphatic heterocycles. The summed E-state index contributed by atoms with van der Waals surface area (Å²) < 4.78 is 11.2. The topological polar surface area (TPSA) is 83.4 Å². The molecule has 1 aliphatic carbocycles. The predicted molar refractivity (Wildman–Crippen MR) is 91.7 cm³/mol. The highest BCUT2D eigenvalue weighted by atomic mass is 16.6. The maximum Gasteiger partial charge on any atom is 0.319 e. The van der Waals surface area contributed by atoms with E-state index in [1.807, 2.05) is 18.2 Å². The molecule has 2 amide bonds. The Hall–Kier alpha value is -3.20. The summed E-state index contributed by atoms with van der Waals surface area (Å²) in [6.07, 6.45) is 1.72. The summed E-state index contributed by atoms with van der Waals surface area (Å²) in [4.78, 5) is 12.4. The number of rotatable bonds is 3. The van der Waals surface area contributed by atoms with Crippen molar-refractivity contribution in [2.75, 3.05) is 18.5 Å². The Kier molecular flexibility index (Phi) is 3.69. The number of fused-ring (bicyclic) bond motifs is 1. The molecule has 126 valence electrons. The van der Waals surface area contributed by atoms with E-state index in [0.29, 0.717) is 30.2 Å². The fourth-order valence-electron chi connectivity index (χ4n) is 3.01. The zero-order chi connectivity index (χ0) is 17.3. The van der Waals surface area contributed by atoms with Gasteiger partial charge in [-0.15, -0.1) is 0 Å². The lowest BCUT2D eigenvalue weighted by Gasteiger charge is -2.23. The molecule has 4 rings (SSSR count). The zero-order valence-electron chi connectivity index (χ0n) is 13.5. The van der Waals surface area contributed by atoms with E-state index in [9.17, 15) is 4.79 Å². The van der Waals surface area contributed by atoms with Crippen LogP contribution in [0.3, 0.4) is 0 Å². The normalized spacial score (nSPS) is 16.4. The number of nitrogens with zero attached hydrogens (tertiary/aromatic N) is 1. The molecule has 25 heavy (non-hydrogen) atoms. The fourth-order valence-corrected chi connectivity index (χ4v) is 3.01. The molecule has 0 saturated heterocycles. The first-order chi connectivity index (χ1) is 12.2. The maximum atomic E-state index is 12.4. The van der Waals surface area contributed by atoms with E-state index < -0.39 is 0 Å². The van der Waals surface area contributed by atoms with Gasteiger partial charge in [0.05, 0.1) is 16.8 Å². The van der Waals surface area contributed by atoms with Crippen LogP contribution < -0.4 is 20.1 Å². The Balaban J connectivity index is 1.50. The number of amides is 2. The third-order valence-corrected chi connectivity index (χ3v) is 4.49. The number of para-hydroxylation sites is 1. The van der Waals surface area contributed by atoms with Gasteiger partial charge in [-0.3, -0.25) is 0 Å². The van der Waals surface area contributed by atoms with Crippen LogP contribution in [0.5, 0.6) is 11.5 Å². The average molecular weight is 335 g/mol. The number of carbonyl (C=O) groups excluding carboxylic acids is 1. The molecule has 6 nitrogen and oxygen atoms in total. The van der Waals surface area contributed by atoms with Crippen LogP contribution in [0.2, 0.25) is 0 Å². The van der Waals surface area contributed by atoms with Gasteiger partial charge in [0.1, 0.15) is 19.3 Å². The van der Waals surface area contributed by atoms with Crippen molar-refractivity contribution in [3.8, 4) is 17.6 Å². The monoisotopic (exact) mass is 335 g/mol. The Labute approximate surface area is 145 Å². The van der Waals surface area contributed by atoms with Crippen molar-refractivity contribution in [2.24, 2.45) is 0 Å². The molecule has 2 aromatic carbocycles. The number of urea groups is 1. The van der Waals surface area contributed by atoms with E-state index >= 15 is 0 Å². The third kappa shape index (κ3) is 2.96. The number of nitrogens with one attached hydrogen (secondary N) is 2. The van der Waals surface area contributed by atoms with Crippen molar-refractivity contribution in [2.45, 2.75) is 18.4 Å². The van der Waals surface area contributed by atoms with Gasteiger partial charge < -0.3 is 20.1 Å². The van der Waals surface area contributed by atoms with Gasteiger partial charge >= 0.3 is 6.03 Å². The summed E-state index contributed by atoms with van der Waals surface area (Å²) in [5, 5.41) is 14.9. The van der Waals surface area contributed by atoms with Crippen molar-refractivity contribution in [3.05, 3.63) is 53.6 Å². The first-order valence-electron chi connectivity index (χ1n) is 8.19. The molecule has 2 N–H and O–H groups in total. The zero-order valence-corrected chi connectivity index (χ0v) is 13.5. The number of benzene rings is 2. The molecule has 0 bridgehead atoms. The molecule has 2 aliphatic rings. The van der Waals surface area contributed by atoms with Gasteiger partial charge in [0.15, 0.2) is 11.5 Å². The highest BCUT2D eigenvalue weighted by Gasteiger charge is 2.46. The van der Waals surface area contributed by atoms with Gasteiger partial charge in [0.2, 0.25) is 0 Å². The van der Waals surface area contributed by atoms with Gasteiger partial charge in [-0.1, -0.05) is 18.2 Å². The Morgan fingerprint density at radius 2 is 1.84 bits per heavy atom. The van der Waals surface area contributed by atoms with E-state index in [1.54, 1.807) is 24.3 Å². The molecule has 0 atom stereocenters. The number of anilines is 1. The van der Waals surface area contributed by atoms with Crippen LogP contribution in [-0.2, 0) is 5.54 Å². The standard InChI is InChI=1S/C19H17N3O3/c20-12-13-3-1-2-4-15(13)21-18(23)22-19(7-8-19)14-5-6-16-17(11-14)25-10-9-24-16/h1-6,11H,7-10H2,(H2,21,22,23). The van der Waals surface area contributed by atoms with Crippen LogP contribution in [0.25, 0.3) is 0 Å². The van der Waals surface area contributed by atoms with E-state index in [1.165, 1.54) is 0 Å². The molecular formula is C19H17N3O3. The van der Waals surface area contributed by atoms with Crippen LogP contribution in [0.1, 0.15) is 24.0 Å². The van der Waals surface area contributed by atoms with Crippen molar-refractivity contribution < 1.29 is 14.3 Å². The molecular weight excluding hydrogens is 318 g/mol. The second kappa shape index (κ2) is 6.02. The lowest BCUT2D eigenvalue weighted by molar-refractivity contribution is 0.171. The molecule has 6 heteroatoms. The fraction of sp³-hybridized carbons (Fsp3) is 0.263. The summed E-state index contributed by atoms with van der Waals surface area (Å²) in [7, 11) is 0.